The van der Waals surface area contributed by atoms with Crippen LogP contribution in [0, 0.1) is 0 Å². The summed E-state index contributed by atoms with van der Waals surface area (Å²) >= 11 is 0. The summed E-state index contributed by atoms with van der Waals surface area (Å²) in [4.78, 5) is 26.2. The van der Waals surface area contributed by atoms with E-state index < -0.39 is 0 Å². The molecule has 110 valence electrons. The Balaban J connectivity index is 1.62. The van der Waals surface area contributed by atoms with Crippen LogP contribution in [0.4, 0.5) is 0 Å². The van der Waals surface area contributed by atoms with Gasteiger partial charge in [-0.3, -0.25) is 14.5 Å². The molecule has 1 N–H and O–H groups in total. The highest BCUT2D eigenvalue weighted by Crippen LogP contribution is 2.27. The highest BCUT2D eigenvalue weighted by molar-refractivity contribution is 6.39. The molecule has 0 bridgehead atoms. The quantitative estimate of drug-likeness (QED) is 0.792. The number of nitrogens with zero attached hydrogens (tertiary/aromatic N) is 3. The minimum absolute atomic E-state index is 0.0270. The summed E-state index contributed by atoms with van der Waals surface area (Å²) in [6.45, 7) is 2.25. The van der Waals surface area contributed by atoms with E-state index in [0.717, 1.165) is 19.5 Å². The molecule has 3 rings (SSSR count). The Morgan fingerprint density at radius 3 is 2.90 bits per heavy atom. The fraction of sp³-hybridized carbons (Fsp3) is 0.786. The number of nitrogens with one attached hydrogen (secondary N) is 1. The molecule has 0 spiro atoms. The van der Waals surface area contributed by atoms with Gasteiger partial charge in [0.1, 0.15) is 5.71 Å². The molecule has 6 heteroatoms. The predicted octanol–water partition coefficient (Wildman–Crippen LogP) is 0.338. The molecule has 3 aliphatic heterocycles. The molecule has 2 atom stereocenters. The summed E-state index contributed by atoms with van der Waals surface area (Å²) in [6, 6.07) is 0.740. The molecule has 6 nitrogen and oxygen atoms in total. The van der Waals surface area contributed by atoms with Crippen molar-refractivity contribution in [1.29, 1.82) is 0 Å². The SMILES string of the molecule is CN1N=C(C(=O)N[C@H]2CCN3CCCC[C@H]23)CCC1=O. The lowest BCUT2D eigenvalue weighted by Crippen LogP contribution is -2.49. The van der Waals surface area contributed by atoms with Crippen molar-refractivity contribution in [3.63, 3.8) is 0 Å². The van der Waals surface area contributed by atoms with Gasteiger partial charge in [0.2, 0.25) is 5.91 Å². The van der Waals surface area contributed by atoms with Crippen LogP contribution in [0.25, 0.3) is 0 Å². The molecule has 0 aromatic heterocycles. The maximum atomic E-state index is 12.3. The Hall–Kier alpha value is -1.43. The van der Waals surface area contributed by atoms with Crippen molar-refractivity contribution < 1.29 is 9.59 Å². The number of hydrazone groups is 1. The predicted molar refractivity (Wildman–Crippen MR) is 75.2 cm³/mol. The van der Waals surface area contributed by atoms with Gasteiger partial charge in [-0.25, -0.2) is 5.01 Å². The molecule has 2 saturated heterocycles. The number of hydrogen-bond donors (Lipinski definition) is 1. The lowest BCUT2D eigenvalue weighted by Gasteiger charge is -2.32. The lowest BCUT2D eigenvalue weighted by atomic mass is 9.98. The van der Waals surface area contributed by atoms with E-state index >= 15 is 0 Å². The monoisotopic (exact) mass is 278 g/mol. The van der Waals surface area contributed by atoms with E-state index in [1.54, 1.807) is 7.05 Å². The standard InChI is InChI=1S/C14H22N4O2/c1-17-13(19)6-5-11(16-17)14(20)15-10-7-9-18-8-3-2-4-12(10)18/h10,12H,2-9H2,1H3,(H,15,20)/t10-,12+/m0/s1. The number of fused-ring (bicyclic) bond motifs is 1. The Morgan fingerprint density at radius 2 is 2.10 bits per heavy atom. The average Bonchev–Trinajstić information content (AvgIpc) is 2.85. The van der Waals surface area contributed by atoms with Crippen molar-refractivity contribution in [2.75, 3.05) is 20.1 Å². The van der Waals surface area contributed by atoms with Crippen molar-refractivity contribution in [2.24, 2.45) is 5.10 Å². The Labute approximate surface area is 119 Å². The van der Waals surface area contributed by atoms with Gasteiger partial charge in [-0.15, -0.1) is 0 Å². The molecule has 0 aliphatic carbocycles. The maximum absolute atomic E-state index is 12.3. The fourth-order valence-corrected chi connectivity index (χ4v) is 3.50. The molecule has 0 aromatic carbocycles. The third-order valence-electron chi connectivity index (χ3n) is 4.64. The lowest BCUT2D eigenvalue weighted by molar-refractivity contribution is -0.130. The van der Waals surface area contributed by atoms with Gasteiger partial charge < -0.3 is 5.32 Å². The highest BCUT2D eigenvalue weighted by atomic mass is 16.2. The molecule has 3 heterocycles. The van der Waals surface area contributed by atoms with Crippen molar-refractivity contribution in [3.05, 3.63) is 0 Å². The molecule has 0 saturated carbocycles. The Kier molecular flexibility index (Phi) is 3.74. The summed E-state index contributed by atoms with van der Waals surface area (Å²) in [5, 5.41) is 8.50. The smallest absolute Gasteiger partial charge is 0.267 e. The zero-order valence-electron chi connectivity index (χ0n) is 12.0. The minimum atomic E-state index is -0.0956. The van der Waals surface area contributed by atoms with Crippen LogP contribution in [-0.4, -0.2) is 59.7 Å². The topological polar surface area (TPSA) is 65.0 Å². The third-order valence-corrected chi connectivity index (χ3v) is 4.64. The summed E-state index contributed by atoms with van der Waals surface area (Å²) < 4.78 is 0. The Bertz CT molecular complexity index is 448. The molecule has 0 radical (unpaired) electrons. The summed E-state index contributed by atoms with van der Waals surface area (Å²) in [7, 11) is 1.60. The molecule has 2 amide bonds. The third kappa shape index (κ3) is 2.57. The first kappa shape index (κ1) is 13.5. The summed E-state index contributed by atoms with van der Waals surface area (Å²) in [5.74, 6) is -0.123. The van der Waals surface area contributed by atoms with Crippen molar-refractivity contribution >= 4 is 17.5 Å². The average molecular weight is 278 g/mol. The van der Waals surface area contributed by atoms with Gasteiger partial charge in [-0.05, 0) is 25.8 Å². The van der Waals surface area contributed by atoms with Gasteiger partial charge in [0.05, 0.1) is 0 Å². The minimum Gasteiger partial charge on any atom is -0.347 e. The summed E-state index contributed by atoms with van der Waals surface area (Å²) in [6.07, 6.45) is 5.57. The van der Waals surface area contributed by atoms with Crippen LogP contribution in [0.1, 0.15) is 38.5 Å². The van der Waals surface area contributed by atoms with E-state index in [4.69, 9.17) is 0 Å². The number of carbonyl (C=O) groups excluding carboxylic acids is 2. The van der Waals surface area contributed by atoms with Gasteiger partial charge in [0, 0.05) is 38.5 Å². The van der Waals surface area contributed by atoms with E-state index in [1.807, 2.05) is 0 Å². The summed E-state index contributed by atoms with van der Waals surface area (Å²) in [5.41, 5.74) is 0.487. The van der Waals surface area contributed by atoms with Crippen LogP contribution >= 0.6 is 0 Å². The van der Waals surface area contributed by atoms with E-state index in [-0.39, 0.29) is 17.9 Å². The fourth-order valence-electron chi connectivity index (χ4n) is 3.50. The first-order chi connectivity index (χ1) is 9.65. The number of hydrogen-bond acceptors (Lipinski definition) is 4. The van der Waals surface area contributed by atoms with Gasteiger partial charge in [-0.1, -0.05) is 6.42 Å². The van der Waals surface area contributed by atoms with Crippen molar-refractivity contribution in [3.8, 4) is 0 Å². The maximum Gasteiger partial charge on any atom is 0.267 e. The van der Waals surface area contributed by atoms with E-state index in [9.17, 15) is 9.59 Å². The molecule has 0 unspecified atom stereocenters. The largest absolute Gasteiger partial charge is 0.347 e. The second kappa shape index (κ2) is 5.52. The van der Waals surface area contributed by atoms with Crippen LogP contribution in [0.5, 0.6) is 0 Å². The molecule has 0 aromatic rings. The number of carbonyl (C=O) groups is 2. The molecule has 20 heavy (non-hydrogen) atoms. The molecular weight excluding hydrogens is 256 g/mol. The number of rotatable bonds is 2. The van der Waals surface area contributed by atoms with E-state index in [1.165, 1.54) is 24.3 Å². The molecule has 2 fully saturated rings. The molecule has 3 aliphatic rings. The Morgan fingerprint density at radius 1 is 1.25 bits per heavy atom. The van der Waals surface area contributed by atoms with Gasteiger partial charge in [0.25, 0.3) is 5.91 Å². The van der Waals surface area contributed by atoms with E-state index in [2.05, 4.69) is 15.3 Å². The highest BCUT2D eigenvalue weighted by Gasteiger charge is 2.37. The van der Waals surface area contributed by atoms with Crippen molar-refractivity contribution in [2.45, 2.75) is 50.6 Å². The zero-order chi connectivity index (χ0) is 14.1. The van der Waals surface area contributed by atoms with Crippen LogP contribution in [0.15, 0.2) is 5.10 Å². The van der Waals surface area contributed by atoms with Crippen LogP contribution in [0.3, 0.4) is 0 Å². The first-order valence-corrected chi connectivity index (χ1v) is 7.54. The van der Waals surface area contributed by atoms with Gasteiger partial charge >= 0.3 is 0 Å². The normalized spacial score (nSPS) is 30.9. The first-order valence-electron chi connectivity index (χ1n) is 7.54. The van der Waals surface area contributed by atoms with Gasteiger partial charge in [-0.2, -0.15) is 5.10 Å². The number of amides is 2. The van der Waals surface area contributed by atoms with Crippen molar-refractivity contribution in [1.82, 2.24) is 15.2 Å². The van der Waals surface area contributed by atoms with Crippen LogP contribution in [0.2, 0.25) is 0 Å². The van der Waals surface area contributed by atoms with Crippen LogP contribution < -0.4 is 5.32 Å². The van der Waals surface area contributed by atoms with Gasteiger partial charge in [0.15, 0.2) is 0 Å². The second-order valence-corrected chi connectivity index (χ2v) is 5.93. The molecular formula is C14H22N4O2. The number of piperidine rings is 1. The second-order valence-electron chi connectivity index (χ2n) is 5.93. The van der Waals surface area contributed by atoms with Crippen LogP contribution in [-0.2, 0) is 9.59 Å². The zero-order valence-corrected chi connectivity index (χ0v) is 12.0. The van der Waals surface area contributed by atoms with E-state index in [0.29, 0.717) is 24.6 Å².